The lowest BCUT2D eigenvalue weighted by Crippen LogP contribution is -2.20. The van der Waals surface area contributed by atoms with E-state index >= 15 is 0 Å². The summed E-state index contributed by atoms with van der Waals surface area (Å²) in [4.78, 5) is 30.6. The highest BCUT2D eigenvalue weighted by Gasteiger charge is 2.06. The maximum atomic E-state index is 11.7. The van der Waals surface area contributed by atoms with E-state index in [0.29, 0.717) is 11.4 Å². The predicted molar refractivity (Wildman–Crippen MR) is 78.8 cm³/mol. The third-order valence-corrected chi connectivity index (χ3v) is 2.37. The molecule has 0 radical (unpaired) electrons. The molecular weight excluding hydrogens is 288 g/mol. The predicted octanol–water partition coefficient (Wildman–Crippen LogP) is 2.66. The van der Waals surface area contributed by atoms with Crippen molar-refractivity contribution in [3.63, 3.8) is 0 Å². The minimum absolute atomic E-state index is 0.197. The van der Waals surface area contributed by atoms with E-state index in [1.807, 2.05) is 0 Å². The zero-order valence-corrected chi connectivity index (χ0v) is 11.8. The van der Waals surface area contributed by atoms with Crippen LogP contribution in [-0.4, -0.2) is 28.8 Å². The number of aromatic nitrogens is 2. The number of benzene rings is 1. The SMILES string of the molecule is CCOC(=O)Oc1ccc(NC(=O)Nc2ncccn2)cc1. The molecule has 0 aliphatic rings. The molecule has 22 heavy (non-hydrogen) atoms. The molecule has 1 heterocycles. The number of hydrogen-bond donors (Lipinski definition) is 2. The van der Waals surface area contributed by atoms with Crippen molar-refractivity contribution in [2.45, 2.75) is 6.92 Å². The van der Waals surface area contributed by atoms with Crippen molar-refractivity contribution in [1.82, 2.24) is 9.97 Å². The molecule has 0 aliphatic carbocycles. The molecule has 2 N–H and O–H groups in total. The molecule has 0 fully saturated rings. The van der Waals surface area contributed by atoms with Gasteiger partial charge in [-0.25, -0.2) is 19.6 Å². The molecule has 2 rings (SSSR count). The molecule has 0 saturated carbocycles. The van der Waals surface area contributed by atoms with Crippen LogP contribution in [0.5, 0.6) is 5.75 Å². The molecule has 1 aromatic carbocycles. The molecule has 1 aromatic heterocycles. The second kappa shape index (κ2) is 7.58. The summed E-state index contributed by atoms with van der Waals surface area (Å²) in [5, 5.41) is 5.07. The Bertz CT molecular complexity index is 631. The number of carbonyl (C=O) groups excluding carboxylic acids is 2. The van der Waals surface area contributed by atoms with Crippen molar-refractivity contribution >= 4 is 23.8 Å². The van der Waals surface area contributed by atoms with Crippen LogP contribution in [0.25, 0.3) is 0 Å². The summed E-state index contributed by atoms with van der Waals surface area (Å²) >= 11 is 0. The Labute approximate surface area is 126 Å². The van der Waals surface area contributed by atoms with Crippen LogP contribution < -0.4 is 15.4 Å². The highest BCUT2D eigenvalue weighted by Crippen LogP contribution is 2.16. The van der Waals surface area contributed by atoms with Crippen LogP contribution in [-0.2, 0) is 4.74 Å². The maximum absolute atomic E-state index is 11.7. The van der Waals surface area contributed by atoms with Gasteiger partial charge in [0, 0.05) is 18.1 Å². The van der Waals surface area contributed by atoms with Gasteiger partial charge >= 0.3 is 12.2 Å². The van der Waals surface area contributed by atoms with Gasteiger partial charge in [-0.3, -0.25) is 5.32 Å². The van der Waals surface area contributed by atoms with Gasteiger partial charge in [0.2, 0.25) is 5.95 Å². The van der Waals surface area contributed by atoms with E-state index in [1.54, 1.807) is 25.1 Å². The molecule has 114 valence electrons. The van der Waals surface area contributed by atoms with E-state index in [-0.39, 0.29) is 12.6 Å². The fourth-order valence-electron chi connectivity index (χ4n) is 1.48. The first-order valence-electron chi connectivity index (χ1n) is 6.47. The monoisotopic (exact) mass is 302 g/mol. The van der Waals surface area contributed by atoms with E-state index in [4.69, 9.17) is 4.74 Å². The van der Waals surface area contributed by atoms with Gasteiger partial charge in [0.25, 0.3) is 0 Å². The van der Waals surface area contributed by atoms with Gasteiger partial charge in [0.1, 0.15) is 5.75 Å². The Morgan fingerprint density at radius 3 is 2.41 bits per heavy atom. The minimum atomic E-state index is -0.776. The van der Waals surface area contributed by atoms with Crippen LogP contribution in [0.3, 0.4) is 0 Å². The highest BCUT2D eigenvalue weighted by molar-refractivity contribution is 5.98. The number of urea groups is 1. The van der Waals surface area contributed by atoms with E-state index < -0.39 is 12.2 Å². The molecule has 0 bridgehead atoms. The van der Waals surface area contributed by atoms with Gasteiger partial charge in [-0.1, -0.05) is 0 Å². The summed E-state index contributed by atoms with van der Waals surface area (Å²) in [7, 11) is 0. The van der Waals surface area contributed by atoms with Gasteiger partial charge in [0.15, 0.2) is 0 Å². The summed E-state index contributed by atoms with van der Waals surface area (Å²) in [6.07, 6.45) is 2.26. The largest absolute Gasteiger partial charge is 0.513 e. The minimum Gasteiger partial charge on any atom is -0.434 e. The lowest BCUT2D eigenvalue weighted by atomic mass is 10.3. The van der Waals surface area contributed by atoms with Crippen LogP contribution in [0.15, 0.2) is 42.7 Å². The lowest BCUT2D eigenvalue weighted by molar-refractivity contribution is 0.104. The number of hydrogen-bond acceptors (Lipinski definition) is 6. The Balaban J connectivity index is 1.88. The first-order chi connectivity index (χ1) is 10.7. The van der Waals surface area contributed by atoms with Gasteiger partial charge in [-0.15, -0.1) is 0 Å². The van der Waals surface area contributed by atoms with E-state index in [9.17, 15) is 9.59 Å². The van der Waals surface area contributed by atoms with Crippen LogP contribution >= 0.6 is 0 Å². The molecule has 8 nitrogen and oxygen atoms in total. The van der Waals surface area contributed by atoms with Gasteiger partial charge in [-0.05, 0) is 37.3 Å². The highest BCUT2D eigenvalue weighted by atomic mass is 16.7. The van der Waals surface area contributed by atoms with Crippen molar-refractivity contribution < 1.29 is 19.1 Å². The van der Waals surface area contributed by atoms with E-state index in [0.717, 1.165) is 0 Å². The molecule has 0 atom stereocenters. The fourth-order valence-corrected chi connectivity index (χ4v) is 1.48. The molecule has 2 amide bonds. The molecule has 0 saturated heterocycles. The molecule has 0 unspecified atom stereocenters. The van der Waals surface area contributed by atoms with E-state index in [2.05, 4.69) is 25.3 Å². The van der Waals surface area contributed by atoms with Crippen LogP contribution in [0, 0.1) is 0 Å². The van der Waals surface area contributed by atoms with Gasteiger partial charge in [0.05, 0.1) is 6.61 Å². The van der Waals surface area contributed by atoms with E-state index in [1.165, 1.54) is 24.5 Å². The normalized spacial score (nSPS) is 9.68. The summed E-state index contributed by atoms with van der Waals surface area (Å²) < 4.78 is 9.55. The average Bonchev–Trinajstić information content (AvgIpc) is 2.50. The van der Waals surface area contributed by atoms with Crippen molar-refractivity contribution in [2.75, 3.05) is 17.2 Å². The number of rotatable bonds is 4. The molecule has 0 aliphatic heterocycles. The number of anilines is 2. The van der Waals surface area contributed by atoms with Crippen LogP contribution in [0.1, 0.15) is 6.92 Å². The van der Waals surface area contributed by atoms with Crippen molar-refractivity contribution in [2.24, 2.45) is 0 Å². The smallest absolute Gasteiger partial charge is 0.434 e. The number of carbonyl (C=O) groups is 2. The molecule has 8 heteroatoms. The Kier molecular flexibility index (Phi) is 5.25. The fraction of sp³-hybridized carbons (Fsp3) is 0.143. The second-order valence-corrected chi connectivity index (χ2v) is 3.96. The summed E-state index contributed by atoms with van der Waals surface area (Å²) in [5.74, 6) is 0.512. The summed E-state index contributed by atoms with van der Waals surface area (Å²) in [5.41, 5.74) is 0.518. The Morgan fingerprint density at radius 1 is 1.09 bits per heavy atom. The quantitative estimate of drug-likeness (QED) is 0.665. The lowest BCUT2D eigenvalue weighted by Gasteiger charge is -2.07. The standard InChI is InChI=1S/C14H14N4O4/c1-2-21-14(20)22-11-6-4-10(5-7-11)17-13(19)18-12-15-8-3-9-16-12/h3-9H,2H2,1H3,(H2,15,16,17,18,19). The second-order valence-electron chi connectivity index (χ2n) is 3.96. The first-order valence-corrected chi connectivity index (χ1v) is 6.47. The number of nitrogens with one attached hydrogen (secondary N) is 2. The Hall–Kier alpha value is -3.16. The molecular formula is C14H14N4O4. The zero-order chi connectivity index (χ0) is 15.8. The first kappa shape index (κ1) is 15.2. The van der Waals surface area contributed by atoms with Gasteiger partial charge in [-0.2, -0.15) is 0 Å². The van der Waals surface area contributed by atoms with Crippen molar-refractivity contribution in [1.29, 1.82) is 0 Å². The molecule has 2 aromatic rings. The average molecular weight is 302 g/mol. The maximum Gasteiger partial charge on any atom is 0.513 e. The van der Waals surface area contributed by atoms with Crippen molar-refractivity contribution in [3.8, 4) is 5.75 Å². The summed E-state index contributed by atoms with van der Waals surface area (Å²) in [6.45, 7) is 1.92. The topological polar surface area (TPSA) is 102 Å². The summed E-state index contributed by atoms with van der Waals surface area (Å²) in [6, 6.07) is 7.40. The molecule has 0 spiro atoms. The van der Waals surface area contributed by atoms with Crippen LogP contribution in [0.2, 0.25) is 0 Å². The number of amides is 2. The third-order valence-electron chi connectivity index (χ3n) is 2.37. The third kappa shape index (κ3) is 4.75. The van der Waals surface area contributed by atoms with Crippen LogP contribution in [0.4, 0.5) is 21.2 Å². The van der Waals surface area contributed by atoms with Gasteiger partial charge < -0.3 is 14.8 Å². The van der Waals surface area contributed by atoms with Crippen molar-refractivity contribution in [3.05, 3.63) is 42.7 Å². The Morgan fingerprint density at radius 2 is 1.77 bits per heavy atom. The number of ether oxygens (including phenoxy) is 2. The number of nitrogens with zero attached hydrogens (tertiary/aromatic N) is 2. The zero-order valence-electron chi connectivity index (χ0n) is 11.8.